The summed E-state index contributed by atoms with van der Waals surface area (Å²) in [5.41, 5.74) is 3.21. The van der Waals surface area contributed by atoms with Crippen molar-refractivity contribution in [3.63, 3.8) is 0 Å². The van der Waals surface area contributed by atoms with Gasteiger partial charge in [-0.2, -0.15) is 0 Å². The van der Waals surface area contributed by atoms with E-state index in [0.29, 0.717) is 12.8 Å². The number of ketones is 2. The van der Waals surface area contributed by atoms with Crippen LogP contribution in [0.15, 0.2) is 40.8 Å². The molecule has 0 aliphatic rings. The second kappa shape index (κ2) is 19.1. The highest BCUT2D eigenvalue weighted by Gasteiger charge is 2.17. The molecule has 2 aromatic heterocycles. The van der Waals surface area contributed by atoms with Crippen LogP contribution >= 0.6 is 11.3 Å². The SMILES string of the molecule is CCCCCCCCCCCCC(=O)c1ccc2c(c1)oc1c3ccc(C(=O)CCCCCCCCCCCC)cc3sc21. The molecule has 0 aliphatic heterocycles. The first kappa shape index (κ1) is 34.4. The zero-order valence-corrected chi connectivity index (χ0v) is 28.5. The summed E-state index contributed by atoms with van der Waals surface area (Å²) in [5, 5.41) is 2.10. The monoisotopic (exact) mass is 616 g/mol. The van der Waals surface area contributed by atoms with Gasteiger partial charge in [0.05, 0.1) is 4.70 Å². The Morgan fingerprint density at radius 2 is 0.977 bits per heavy atom. The van der Waals surface area contributed by atoms with Gasteiger partial charge in [0.25, 0.3) is 0 Å². The van der Waals surface area contributed by atoms with Gasteiger partial charge in [0.1, 0.15) is 5.58 Å². The number of furan rings is 1. The molecule has 0 atom stereocenters. The van der Waals surface area contributed by atoms with E-state index in [2.05, 4.69) is 13.8 Å². The lowest BCUT2D eigenvalue weighted by Crippen LogP contribution is -1.98. The first-order chi connectivity index (χ1) is 21.6. The summed E-state index contributed by atoms with van der Waals surface area (Å²) in [5.74, 6) is 0.452. The molecular weight excluding hydrogens is 561 g/mol. The smallest absolute Gasteiger partial charge is 0.163 e. The number of hydrogen-bond acceptors (Lipinski definition) is 4. The van der Waals surface area contributed by atoms with E-state index in [-0.39, 0.29) is 11.6 Å². The van der Waals surface area contributed by atoms with Gasteiger partial charge < -0.3 is 4.42 Å². The fourth-order valence-electron chi connectivity index (χ4n) is 6.44. The maximum atomic E-state index is 12.9. The lowest BCUT2D eigenvalue weighted by molar-refractivity contribution is 0.0971. The summed E-state index contributed by atoms with van der Waals surface area (Å²) < 4.78 is 8.51. The van der Waals surface area contributed by atoms with Crippen LogP contribution in [0.1, 0.15) is 176 Å². The number of carbonyl (C=O) groups excluding carboxylic acids is 2. The number of carbonyl (C=O) groups is 2. The third-order valence-electron chi connectivity index (χ3n) is 9.24. The Bertz CT molecular complexity index is 1330. The number of rotatable bonds is 24. The number of hydrogen-bond donors (Lipinski definition) is 0. The van der Waals surface area contributed by atoms with Gasteiger partial charge in [-0.25, -0.2) is 0 Å². The minimum Gasteiger partial charge on any atom is -0.454 e. The molecule has 4 aromatic rings. The summed E-state index contributed by atoms with van der Waals surface area (Å²) in [6, 6.07) is 12.0. The van der Waals surface area contributed by atoms with E-state index in [1.165, 1.54) is 103 Å². The van der Waals surface area contributed by atoms with Gasteiger partial charge in [-0.3, -0.25) is 9.59 Å². The van der Waals surface area contributed by atoms with Crippen molar-refractivity contribution in [2.75, 3.05) is 0 Å². The summed E-state index contributed by atoms with van der Waals surface area (Å²) in [7, 11) is 0. The van der Waals surface area contributed by atoms with Crippen LogP contribution in [0.25, 0.3) is 31.3 Å². The fraction of sp³-hybridized carbons (Fsp3) is 0.600. The first-order valence-electron chi connectivity index (χ1n) is 18.1. The Morgan fingerprint density at radius 3 is 1.48 bits per heavy atom. The molecule has 2 aromatic carbocycles. The van der Waals surface area contributed by atoms with Crippen LogP contribution in [-0.4, -0.2) is 11.6 Å². The molecule has 0 spiro atoms. The Morgan fingerprint density at radius 1 is 0.545 bits per heavy atom. The third kappa shape index (κ3) is 10.3. The number of Topliss-reactive ketones (excluding diaryl/α,β-unsaturated/α-hetero) is 2. The maximum absolute atomic E-state index is 12.9. The Labute approximate surface area is 270 Å². The average Bonchev–Trinajstić information content (AvgIpc) is 3.57. The van der Waals surface area contributed by atoms with Crippen molar-refractivity contribution >= 4 is 54.2 Å². The van der Waals surface area contributed by atoms with Crippen molar-refractivity contribution in [1.29, 1.82) is 0 Å². The van der Waals surface area contributed by atoms with Crippen molar-refractivity contribution in [2.45, 2.75) is 155 Å². The van der Waals surface area contributed by atoms with Gasteiger partial charge in [0.15, 0.2) is 17.1 Å². The summed E-state index contributed by atoms with van der Waals surface area (Å²) in [4.78, 5) is 25.8. The van der Waals surface area contributed by atoms with Crippen molar-refractivity contribution < 1.29 is 14.0 Å². The number of benzene rings is 2. The molecule has 4 heteroatoms. The zero-order valence-electron chi connectivity index (χ0n) is 27.7. The van der Waals surface area contributed by atoms with Gasteiger partial charge in [0, 0.05) is 39.4 Å². The van der Waals surface area contributed by atoms with Crippen LogP contribution in [-0.2, 0) is 0 Å². The normalized spacial score (nSPS) is 11.8. The third-order valence-corrected chi connectivity index (χ3v) is 10.4. The summed E-state index contributed by atoms with van der Waals surface area (Å²) >= 11 is 1.69. The predicted octanol–water partition coefficient (Wildman–Crippen LogP) is 13.8. The molecule has 0 N–H and O–H groups in total. The van der Waals surface area contributed by atoms with Gasteiger partial charge in [0.2, 0.25) is 0 Å². The second-order valence-electron chi connectivity index (χ2n) is 13.0. The lowest BCUT2D eigenvalue weighted by Gasteiger charge is -2.03. The van der Waals surface area contributed by atoms with Crippen LogP contribution < -0.4 is 0 Å². The van der Waals surface area contributed by atoms with E-state index < -0.39 is 0 Å². The number of fused-ring (bicyclic) bond motifs is 5. The molecule has 0 amide bonds. The van der Waals surface area contributed by atoms with Crippen molar-refractivity contribution in [2.24, 2.45) is 0 Å². The zero-order chi connectivity index (χ0) is 31.0. The predicted molar refractivity (Wildman–Crippen MR) is 191 cm³/mol. The van der Waals surface area contributed by atoms with Crippen LogP contribution in [0, 0.1) is 0 Å². The molecule has 0 saturated carbocycles. The largest absolute Gasteiger partial charge is 0.454 e. The van der Waals surface area contributed by atoms with Crippen molar-refractivity contribution in [3.8, 4) is 0 Å². The molecule has 3 nitrogen and oxygen atoms in total. The first-order valence-corrected chi connectivity index (χ1v) is 18.9. The summed E-state index contributed by atoms with van der Waals surface area (Å²) in [6.07, 6.45) is 26.7. The molecule has 0 unspecified atom stereocenters. The Balaban J connectivity index is 1.23. The van der Waals surface area contributed by atoms with Gasteiger partial charge >= 0.3 is 0 Å². The van der Waals surface area contributed by atoms with Crippen LogP contribution in [0.4, 0.5) is 0 Å². The highest BCUT2D eigenvalue weighted by molar-refractivity contribution is 7.26. The van der Waals surface area contributed by atoms with Gasteiger partial charge in [-0.1, -0.05) is 142 Å². The molecule has 4 rings (SSSR count). The minimum absolute atomic E-state index is 0.210. The topological polar surface area (TPSA) is 47.3 Å². The van der Waals surface area contributed by atoms with Crippen LogP contribution in [0.2, 0.25) is 0 Å². The van der Waals surface area contributed by atoms with Crippen molar-refractivity contribution in [1.82, 2.24) is 0 Å². The highest BCUT2D eigenvalue weighted by atomic mass is 32.1. The molecule has 44 heavy (non-hydrogen) atoms. The highest BCUT2D eigenvalue weighted by Crippen LogP contribution is 2.41. The lowest BCUT2D eigenvalue weighted by atomic mass is 10.0. The Hall–Kier alpha value is -2.46. The average molecular weight is 617 g/mol. The molecule has 0 aliphatic carbocycles. The quantitative estimate of drug-likeness (QED) is 0.0581. The Kier molecular flexibility index (Phi) is 15.0. The molecular formula is C40H56O3S. The van der Waals surface area contributed by atoms with Crippen LogP contribution in [0.3, 0.4) is 0 Å². The molecule has 2 heterocycles. The molecule has 0 saturated heterocycles. The standard InChI is InChI=1S/C40H56O3S/c1-3-5-7-9-11-13-15-17-19-21-23-35(41)31-25-27-33-37(29-31)43-39-34-28-26-32(30-38(34)44-40(33)39)36(42)24-22-20-18-16-14-12-10-8-6-4-2/h25-30H,3-24H2,1-2H3. The van der Waals surface area contributed by atoms with E-state index in [0.717, 1.165) is 68.1 Å². The second-order valence-corrected chi connectivity index (χ2v) is 14.0. The molecule has 240 valence electrons. The van der Waals surface area contributed by atoms with Crippen molar-refractivity contribution in [3.05, 3.63) is 47.5 Å². The van der Waals surface area contributed by atoms with E-state index in [4.69, 9.17) is 4.42 Å². The number of thiophene rings is 1. The molecule has 0 bridgehead atoms. The van der Waals surface area contributed by atoms with E-state index >= 15 is 0 Å². The summed E-state index contributed by atoms with van der Waals surface area (Å²) in [6.45, 7) is 4.52. The van der Waals surface area contributed by atoms with Gasteiger partial charge in [-0.15, -0.1) is 11.3 Å². The van der Waals surface area contributed by atoms with Gasteiger partial charge in [-0.05, 0) is 37.1 Å². The molecule has 0 radical (unpaired) electrons. The molecule has 0 fully saturated rings. The maximum Gasteiger partial charge on any atom is 0.163 e. The van der Waals surface area contributed by atoms with E-state index in [9.17, 15) is 9.59 Å². The fourth-order valence-corrected chi connectivity index (χ4v) is 7.64. The number of unbranched alkanes of at least 4 members (excludes halogenated alkanes) is 18. The minimum atomic E-state index is 0.210. The van der Waals surface area contributed by atoms with E-state index in [1.54, 1.807) is 11.3 Å². The van der Waals surface area contributed by atoms with Crippen LogP contribution in [0.5, 0.6) is 0 Å². The van der Waals surface area contributed by atoms with E-state index in [1.807, 2.05) is 36.4 Å².